The highest BCUT2D eigenvalue weighted by Crippen LogP contribution is 2.44. The number of nitrogens with one attached hydrogen (secondary N) is 1. The molecule has 1 aromatic carbocycles. The summed E-state index contributed by atoms with van der Waals surface area (Å²) >= 11 is 5.66. The summed E-state index contributed by atoms with van der Waals surface area (Å²) in [7, 11) is 0. The Hall–Kier alpha value is -1.49. The van der Waals surface area contributed by atoms with E-state index in [9.17, 15) is 5.11 Å². The van der Waals surface area contributed by atoms with E-state index < -0.39 is 0 Å². The monoisotopic (exact) mass is 331 g/mol. The summed E-state index contributed by atoms with van der Waals surface area (Å²) in [5.41, 5.74) is 1.09. The first kappa shape index (κ1) is 15.1. The smallest absolute Gasteiger partial charge is 0.169 e. The molecule has 1 heterocycles. The summed E-state index contributed by atoms with van der Waals surface area (Å²) in [5, 5.41) is 14.2. The summed E-state index contributed by atoms with van der Waals surface area (Å²) in [4.78, 5) is 4.62. The van der Waals surface area contributed by atoms with Crippen LogP contribution in [0.2, 0.25) is 0 Å². The van der Waals surface area contributed by atoms with Crippen molar-refractivity contribution in [2.45, 2.75) is 31.7 Å². The van der Waals surface area contributed by atoms with Crippen LogP contribution in [0.25, 0.3) is 0 Å². The second kappa shape index (κ2) is 6.19. The van der Waals surface area contributed by atoms with E-state index in [0.717, 1.165) is 48.8 Å². The van der Waals surface area contributed by atoms with E-state index >= 15 is 0 Å². The molecular formula is C18H25N3OS. The Morgan fingerprint density at radius 2 is 1.96 bits per heavy atom. The molecule has 4 nitrogen and oxygen atoms in total. The largest absolute Gasteiger partial charge is 0.508 e. The Labute approximate surface area is 143 Å². The second-order valence-corrected chi connectivity index (χ2v) is 7.61. The van der Waals surface area contributed by atoms with Crippen molar-refractivity contribution < 1.29 is 5.11 Å². The predicted molar refractivity (Wildman–Crippen MR) is 96.9 cm³/mol. The molecule has 3 fully saturated rings. The number of piperazine rings is 1. The molecule has 2 aliphatic carbocycles. The molecule has 3 unspecified atom stereocenters. The van der Waals surface area contributed by atoms with Gasteiger partial charge in [0.15, 0.2) is 5.11 Å². The fraction of sp³-hybridized carbons (Fsp3) is 0.611. The van der Waals surface area contributed by atoms with Gasteiger partial charge in [-0.25, -0.2) is 0 Å². The third-order valence-corrected chi connectivity index (χ3v) is 6.18. The molecule has 23 heavy (non-hydrogen) atoms. The third kappa shape index (κ3) is 3.11. The van der Waals surface area contributed by atoms with Crippen molar-refractivity contribution >= 4 is 23.0 Å². The van der Waals surface area contributed by atoms with Crippen LogP contribution in [0, 0.1) is 11.8 Å². The minimum Gasteiger partial charge on any atom is -0.508 e. The molecule has 0 aromatic heterocycles. The maximum absolute atomic E-state index is 9.63. The molecule has 0 amide bonds. The third-order valence-electron chi connectivity index (χ3n) is 5.81. The molecule has 2 bridgehead atoms. The molecule has 4 rings (SSSR count). The summed E-state index contributed by atoms with van der Waals surface area (Å²) in [6, 6.07) is 8.13. The van der Waals surface area contributed by atoms with Crippen molar-refractivity contribution in [1.29, 1.82) is 0 Å². The minimum atomic E-state index is 0.332. The normalized spacial score (nSPS) is 29.8. The first-order valence-electron chi connectivity index (χ1n) is 8.78. The number of fused-ring (bicyclic) bond motifs is 2. The van der Waals surface area contributed by atoms with Crippen LogP contribution in [0.15, 0.2) is 24.3 Å². The Kier molecular flexibility index (Phi) is 4.05. The highest BCUT2D eigenvalue weighted by atomic mass is 32.1. The zero-order valence-corrected chi connectivity index (χ0v) is 14.3. The van der Waals surface area contributed by atoms with Crippen molar-refractivity contribution in [3.8, 4) is 5.75 Å². The Morgan fingerprint density at radius 3 is 2.61 bits per heavy atom. The summed E-state index contributed by atoms with van der Waals surface area (Å²) < 4.78 is 0. The maximum atomic E-state index is 9.63. The van der Waals surface area contributed by atoms with Gasteiger partial charge in [0.1, 0.15) is 5.75 Å². The number of anilines is 1. The standard InChI is InChI=1S/C18H25N3OS/c22-16-3-1-2-15(12-16)20-6-8-21(9-7-20)18(23)19-17-11-13-4-5-14(17)10-13/h1-3,12-14,17,22H,4-11H2,(H,19,23). The molecule has 3 aliphatic rings. The molecule has 1 aliphatic heterocycles. The molecule has 1 saturated heterocycles. The van der Waals surface area contributed by atoms with Crippen LogP contribution in [0.4, 0.5) is 5.69 Å². The van der Waals surface area contributed by atoms with Gasteiger partial charge in [-0.1, -0.05) is 12.5 Å². The van der Waals surface area contributed by atoms with Crippen LogP contribution >= 0.6 is 12.2 Å². The minimum absolute atomic E-state index is 0.332. The van der Waals surface area contributed by atoms with E-state index in [-0.39, 0.29) is 0 Å². The van der Waals surface area contributed by atoms with Crippen molar-refractivity contribution in [2.75, 3.05) is 31.1 Å². The van der Waals surface area contributed by atoms with E-state index in [1.54, 1.807) is 6.07 Å². The van der Waals surface area contributed by atoms with Gasteiger partial charge in [-0.05, 0) is 55.4 Å². The number of rotatable bonds is 2. The van der Waals surface area contributed by atoms with Crippen molar-refractivity contribution in [3.63, 3.8) is 0 Å². The molecule has 5 heteroatoms. The number of benzene rings is 1. The Balaban J connectivity index is 1.30. The van der Waals surface area contributed by atoms with Crippen molar-refractivity contribution in [2.24, 2.45) is 11.8 Å². The highest BCUT2D eigenvalue weighted by Gasteiger charge is 2.40. The second-order valence-electron chi connectivity index (χ2n) is 7.22. The van der Waals surface area contributed by atoms with Crippen LogP contribution in [0.3, 0.4) is 0 Å². The first-order valence-corrected chi connectivity index (χ1v) is 9.19. The van der Waals surface area contributed by atoms with E-state index in [0.29, 0.717) is 11.8 Å². The lowest BCUT2D eigenvalue weighted by Gasteiger charge is -2.38. The van der Waals surface area contributed by atoms with Crippen LogP contribution in [-0.2, 0) is 0 Å². The number of hydrogen-bond donors (Lipinski definition) is 2. The maximum Gasteiger partial charge on any atom is 0.169 e. The Morgan fingerprint density at radius 1 is 1.13 bits per heavy atom. The van der Waals surface area contributed by atoms with E-state index in [4.69, 9.17) is 12.2 Å². The molecule has 3 atom stereocenters. The lowest BCUT2D eigenvalue weighted by Crippen LogP contribution is -2.54. The van der Waals surface area contributed by atoms with Crippen LogP contribution in [-0.4, -0.2) is 47.3 Å². The van der Waals surface area contributed by atoms with Gasteiger partial charge in [0.2, 0.25) is 0 Å². The topological polar surface area (TPSA) is 38.7 Å². The fourth-order valence-corrected chi connectivity index (χ4v) is 4.86. The SMILES string of the molecule is Oc1cccc(N2CCN(C(=S)NC3CC4CCC3C4)CC2)c1. The van der Waals surface area contributed by atoms with Gasteiger partial charge < -0.3 is 20.2 Å². The summed E-state index contributed by atoms with van der Waals surface area (Å²) in [6.07, 6.45) is 5.54. The van der Waals surface area contributed by atoms with Crippen molar-refractivity contribution in [1.82, 2.24) is 10.2 Å². The van der Waals surface area contributed by atoms with Gasteiger partial charge in [-0.15, -0.1) is 0 Å². The molecular weight excluding hydrogens is 306 g/mol. The summed E-state index contributed by atoms with van der Waals surface area (Å²) in [5.74, 6) is 2.13. The lowest BCUT2D eigenvalue weighted by molar-refractivity contribution is 0.345. The number of phenols is 1. The van der Waals surface area contributed by atoms with Gasteiger partial charge in [0, 0.05) is 44.0 Å². The first-order chi connectivity index (χ1) is 11.2. The zero-order valence-electron chi connectivity index (χ0n) is 13.4. The van der Waals surface area contributed by atoms with Crippen LogP contribution in [0.1, 0.15) is 25.7 Å². The van der Waals surface area contributed by atoms with Gasteiger partial charge in [-0.2, -0.15) is 0 Å². The average molecular weight is 331 g/mol. The van der Waals surface area contributed by atoms with Crippen molar-refractivity contribution in [3.05, 3.63) is 24.3 Å². The number of hydrogen-bond acceptors (Lipinski definition) is 3. The van der Waals surface area contributed by atoms with E-state index in [2.05, 4.69) is 21.2 Å². The van der Waals surface area contributed by atoms with E-state index in [1.165, 1.54) is 25.7 Å². The molecule has 2 saturated carbocycles. The van der Waals surface area contributed by atoms with E-state index in [1.807, 2.05) is 12.1 Å². The number of thiocarbonyl (C=S) groups is 1. The molecule has 0 spiro atoms. The van der Waals surface area contributed by atoms with Crippen LogP contribution < -0.4 is 10.2 Å². The summed E-state index contributed by atoms with van der Waals surface area (Å²) in [6.45, 7) is 3.79. The van der Waals surface area contributed by atoms with Gasteiger partial charge >= 0.3 is 0 Å². The van der Waals surface area contributed by atoms with Gasteiger partial charge in [0.05, 0.1) is 0 Å². The number of nitrogens with zero attached hydrogens (tertiary/aromatic N) is 2. The molecule has 2 N–H and O–H groups in total. The quantitative estimate of drug-likeness (QED) is 0.815. The average Bonchev–Trinajstić information content (AvgIpc) is 3.18. The predicted octanol–water partition coefficient (Wildman–Crippen LogP) is 2.58. The molecule has 0 radical (unpaired) electrons. The number of phenolic OH excluding ortho intramolecular Hbond substituents is 1. The molecule has 1 aromatic rings. The number of aromatic hydroxyl groups is 1. The lowest BCUT2D eigenvalue weighted by atomic mass is 9.95. The zero-order chi connectivity index (χ0) is 15.8. The van der Waals surface area contributed by atoms with Gasteiger partial charge in [-0.3, -0.25) is 0 Å². The van der Waals surface area contributed by atoms with Crippen LogP contribution in [0.5, 0.6) is 5.75 Å². The Bertz CT molecular complexity index is 585. The molecule has 124 valence electrons. The fourth-order valence-electron chi connectivity index (χ4n) is 4.53. The van der Waals surface area contributed by atoms with Gasteiger partial charge in [0.25, 0.3) is 0 Å². The highest BCUT2D eigenvalue weighted by molar-refractivity contribution is 7.80.